The van der Waals surface area contributed by atoms with E-state index in [4.69, 9.17) is 0 Å². The van der Waals surface area contributed by atoms with Gasteiger partial charge < -0.3 is 5.32 Å². The maximum Gasteiger partial charge on any atom is 0.226 e. The van der Waals surface area contributed by atoms with Crippen LogP contribution < -0.4 is 5.32 Å². The van der Waals surface area contributed by atoms with Gasteiger partial charge in [-0.25, -0.2) is 8.78 Å². The smallest absolute Gasteiger partial charge is 0.226 e. The fourth-order valence-electron chi connectivity index (χ4n) is 2.23. The number of nitrogens with zero attached hydrogens (tertiary/aromatic N) is 2. The van der Waals surface area contributed by atoms with Crippen LogP contribution in [0.3, 0.4) is 0 Å². The number of amides is 1. The summed E-state index contributed by atoms with van der Waals surface area (Å²) in [6, 6.07) is 5.08. The molecular formula is C15H17F2N3O. The molecule has 0 spiro atoms. The molecule has 0 aliphatic carbocycles. The SMILES string of the molecule is Cc1cc(C)n([C@H](C)CC(=O)Nc2ccc(F)c(F)c2)n1. The molecule has 1 aromatic heterocycles. The largest absolute Gasteiger partial charge is 0.326 e. The first kappa shape index (κ1) is 15.2. The third kappa shape index (κ3) is 3.65. The van der Waals surface area contributed by atoms with Crippen LogP contribution in [-0.2, 0) is 4.79 Å². The summed E-state index contributed by atoms with van der Waals surface area (Å²) in [7, 11) is 0. The van der Waals surface area contributed by atoms with Crippen molar-refractivity contribution in [2.45, 2.75) is 33.2 Å². The summed E-state index contributed by atoms with van der Waals surface area (Å²) in [6.07, 6.45) is 0.195. The van der Waals surface area contributed by atoms with Gasteiger partial charge in [0.25, 0.3) is 0 Å². The number of carbonyl (C=O) groups excluding carboxylic acids is 1. The molecule has 0 saturated carbocycles. The van der Waals surface area contributed by atoms with Crippen LogP contribution in [0.2, 0.25) is 0 Å². The summed E-state index contributed by atoms with van der Waals surface area (Å²) >= 11 is 0. The lowest BCUT2D eigenvalue weighted by Crippen LogP contribution is -2.19. The minimum Gasteiger partial charge on any atom is -0.326 e. The molecule has 0 saturated heterocycles. The van der Waals surface area contributed by atoms with E-state index in [1.54, 1.807) is 4.68 Å². The lowest BCUT2D eigenvalue weighted by atomic mass is 10.2. The predicted octanol–water partition coefficient (Wildman–Crippen LogP) is 3.37. The molecule has 4 nitrogen and oxygen atoms in total. The Morgan fingerprint density at radius 1 is 1.29 bits per heavy atom. The Kier molecular flexibility index (Phi) is 4.35. The van der Waals surface area contributed by atoms with Crippen molar-refractivity contribution in [3.8, 4) is 0 Å². The molecule has 2 rings (SSSR count). The van der Waals surface area contributed by atoms with E-state index in [1.165, 1.54) is 6.07 Å². The van der Waals surface area contributed by atoms with E-state index in [9.17, 15) is 13.6 Å². The summed E-state index contributed by atoms with van der Waals surface area (Å²) in [5.41, 5.74) is 2.10. The quantitative estimate of drug-likeness (QED) is 0.939. The molecule has 1 N–H and O–H groups in total. The van der Waals surface area contributed by atoms with Crippen molar-refractivity contribution in [1.82, 2.24) is 9.78 Å². The monoisotopic (exact) mass is 293 g/mol. The van der Waals surface area contributed by atoms with Crippen LogP contribution in [0.5, 0.6) is 0 Å². The van der Waals surface area contributed by atoms with Gasteiger partial charge in [0.05, 0.1) is 11.7 Å². The Labute approximate surface area is 121 Å². The summed E-state index contributed by atoms with van der Waals surface area (Å²) in [6.45, 7) is 5.69. The molecule has 1 aromatic carbocycles. The molecule has 0 aliphatic heterocycles. The molecule has 0 fully saturated rings. The molecule has 1 atom stereocenters. The van der Waals surface area contributed by atoms with Gasteiger partial charge in [0.15, 0.2) is 11.6 Å². The molecule has 1 amide bonds. The normalized spacial score (nSPS) is 12.2. The molecule has 0 aliphatic rings. The first-order chi connectivity index (χ1) is 9.86. The fourth-order valence-corrected chi connectivity index (χ4v) is 2.23. The van der Waals surface area contributed by atoms with Gasteiger partial charge in [-0.3, -0.25) is 9.48 Å². The van der Waals surface area contributed by atoms with Gasteiger partial charge in [-0.15, -0.1) is 0 Å². The highest BCUT2D eigenvalue weighted by molar-refractivity contribution is 5.90. The van der Waals surface area contributed by atoms with Crippen LogP contribution in [0.1, 0.15) is 30.8 Å². The van der Waals surface area contributed by atoms with E-state index >= 15 is 0 Å². The van der Waals surface area contributed by atoms with Crippen LogP contribution in [-0.4, -0.2) is 15.7 Å². The minimum absolute atomic E-state index is 0.121. The van der Waals surface area contributed by atoms with E-state index in [1.807, 2.05) is 26.8 Å². The summed E-state index contributed by atoms with van der Waals surface area (Å²) < 4.78 is 27.7. The molecule has 6 heteroatoms. The molecule has 21 heavy (non-hydrogen) atoms. The lowest BCUT2D eigenvalue weighted by Gasteiger charge is -2.14. The number of hydrogen-bond acceptors (Lipinski definition) is 2. The summed E-state index contributed by atoms with van der Waals surface area (Å²) in [5.74, 6) is -2.20. The zero-order chi connectivity index (χ0) is 15.6. The van der Waals surface area contributed by atoms with Gasteiger partial charge in [0, 0.05) is 23.9 Å². The molecule has 0 unspecified atom stereocenters. The number of aromatic nitrogens is 2. The van der Waals surface area contributed by atoms with Crippen LogP contribution in [0.4, 0.5) is 14.5 Å². The van der Waals surface area contributed by atoms with Crippen molar-refractivity contribution in [3.63, 3.8) is 0 Å². The lowest BCUT2D eigenvalue weighted by molar-refractivity contribution is -0.116. The second-order valence-electron chi connectivity index (χ2n) is 5.10. The highest BCUT2D eigenvalue weighted by atomic mass is 19.2. The maximum absolute atomic E-state index is 13.1. The molecule has 112 valence electrons. The van der Waals surface area contributed by atoms with E-state index < -0.39 is 11.6 Å². The molecule has 0 bridgehead atoms. The van der Waals surface area contributed by atoms with Gasteiger partial charge in [0.1, 0.15) is 0 Å². The Balaban J connectivity index is 2.01. The van der Waals surface area contributed by atoms with Crippen molar-refractivity contribution in [1.29, 1.82) is 0 Å². The molecule has 0 radical (unpaired) electrons. The Hall–Kier alpha value is -2.24. The van der Waals surface area contributed by atoms with Crippen LogP contribution in [0, 0.1) is 25.5 Å². The van der Waals surface area contributed by atoms with Crippen molar-refractivity contribution < 1.29 is 13.6 Å². The van der Waals surface area contributed by atoms with E-state index in [-0.39, 0.29) is 24.1 Å². The van der Waals surface area contributed by atoms with E-state index in [0.717, 1.165) is 23.5 Å². The fraction of sp³-hybridized carbons (Fsp3) is 0.333. The maximum atomic E-state index is 13.1. The first-order valence-corrected chi connectivity index (χ1v) is 6.64. The number of anilines is 1. The van der Waals surface area contributed by atoms with Crippen molar-refractivity contribution in [3.05, 3.63) is 47.3 Å². The number of nitrogens with one attached hydrogen (secondary N) is 1. The zero-order valence-electron chi connectivity index (χ0n) is 12.2. The molecule has 2 aromatic rings. The number of rotatable bonds is 4. The third-order valence-electron chi connectivity index (χ3n) is 3.15. The first-order valence-electron chi connectivity index (χ1n) is 6.64. The van der Waals surface area contributed by atoms with Crippen LogP contribution in [0.15, 0.2) is 24.3 Å². The van der Waals surface area contributed by atoms with Crippen molar-refractivity contribution >= 4 is 11.6 Å². The number of hydrogen-bond donors (Lipinski definition) is 1. The second kappa shape index (κ2) is 6.03. The number of carbonyl (C=O) groups is 1. The van der Waals surface area contributed by atoms with Gasteiger partial charge >= 0.3 is 0 Å². The highest BCUT2D eigenvalue weighted by Crippen LogP contribution is 2.17. The van der Waals surface area contributed by atoms with Crippen LogP contribution in [0.25, 0.3) is 0 Å². The van der Waals surface area contributed by atoms with Gasteiger partial charge in [-0.2, -0.15) is 5.10 Å². The number of benzene rings is 1. The highest BCUT2D eigenvalue weighted by Gasteiger charge is 2.14. The number of halogens is 2. The Morgan fingerprint density at radius 3 is 2.57 bits per heavy atom. The number of aryl methyl sites for hydroxylation is 2. The summed E-state index contributed by atoms with van der Waals surface area (Å²) in [5, 5.41) is 6.87. The molecule has 1 heterocycles. The predicted molar refractivity (Wildman–Crippen MR) is 76.0 cm³/mol. The Bertz CT molecular complexity index is 667. The van der Waals surface area contributed by atoms with E-state index in [0.29, 0.717) is 0 Å². The Morgan fingerprint density at radius 2 is 2.00 bits per heavy atom. The van der Waals surface area contributed by atoms with Gasteiger partial charge in [-0.1, -0.05) is 0 Å². The standard InChI is InChI=1S/C15H17F2N3O/c1-9-6-10(2)20(19-9)11(3)7-15(21)18-12-4-5-13(16)14(17)8-12/h4-6,8,11H,7H2,1-3H3,(H,18,21)/t11-/m1/s1. The zero-order valence-corrected chi connectivity index (χ0v) is 12.2. The average Bonchev–Trinajstić information content (AvgIpc) is 2.73. The van der Waals surface area contributed by atoms with Crippen molar-refractivity contribution in [2.24, 2.45) is 0 Å². The van der Waals surface area contributed by atoms with Crippen molar-refractivity contribution in [2.75, 3.05) is 5.32 Å². The average molecular weight is 293 g/mol. The van der Waals surface area contributed by atoms with Crippen LogP contribution >= 0.6 is 0 Å². The minimum atomic E-state index is -0.987. The third-order valence-corrected chi connectivity index (χ3v) is 3.15. The van der Waals surface area contributed by atoms with E-state index in [2.05, 4.69) is 10.4 Å². The second-order valence-corrected chi connectivity index (χ2v) is 5.10. The summed E-state index contributed by atoms with van der Waals surface area (Å²) in [4.78, 5) is 11.9. The topological polar surface area (TPSA) is 46.9 Å². The molecular weight excluding hydrogens is 276 g/mol. The van der Waals surface area contributed by atoms with Gasteiger partial charge in [0.2, 0.25) is 5.91 Å². The van der Waals surface area contributed by atoms with Gasteiger partial charge in [-0.05, 0) is 39.0 Å².